The molecular weight excluding hydrogens is 250 g/mol. The molecule has 4 heteroatoms. The molecule has 4 nitrogen and oxygen atoms in total. The monoisotopic (exact) mass is 271 g/mol. The summed E-state index contributed by atoms with van der Waals surface area (Å²) in [6.07, 6.45) is 6.90. The van der Waals surface area contributed by atoms with Gasteiger partial charge in [-0.2, -0.15) is 0 Å². The molecule has 0 spiro atoms. The summed E-state index contributed by atoms with van der Waals surface area (Å²) in [5.41, 5.74) is 1.53. The van der Waals surface area contributed by atoms with Gasteiger partial charge in [0, 0.05) is 24.8 Å². The smallest absolute Gasteiger partial charge is 0.258 e. The summed E-state index contributed by atoms with van der Waals surface area (Å²) >= 11 is 0. The van der Waals surface area contributed by atoms with Crippen molar-refractivity contribution < 1.29 is 0 Å². The summed E-state index contributed by atoms with van der Waals surface area (Å²) < 4.78 is 1.57. The zero-order valence-corrected chi connectivity index (χ0v) is 11.9. The van der Waals surface area contributed by atoms with Crippen molar-refractivity contribution in [1.29, 1.82) is 0 Å². The maximum atomic E-state index is 12.0. The van der Waals surface area contributed by atoms with Crippen molar-refractivity contribution in [2.45, 2.75) is 45.2 Å². The van der Waals surface area contributed by atoms with E-state index in [1.807, 2.05) is 18.2 Å². The SMILES string of the molecule is CCC(CC1CC1)NCc1cc(=O)n2ccccc2n1. The molecule has 1 aliphatic carbocycles. The fourth-order valence-electron chi connectivity index (χ4n) is 2.59. The molecule has 0 saturated heterocycles. The molecule has 0 aromatic carbocycles. The Balaban J connectivity index is 1.71. The normalized spacial score (nSPS) is 16.4. The Morgan fingerprint density at radius 1 is 1.45 bits per heavy atom. The van der Waals surface area contributed by atoms with Crippen LogP contribution in [0.2, 0.25) is 0 Å². The van der Waals surface area contributed by atoms with Gasteiger partial charge in [-0.25, -0.2) is 4.98 Å². The van der Waals surface area contributed by atoms with Gasteiger partial charge in [0.05, 0.1) is 5.69 Å². The van der Waals surface area contributed by atoms with Gasteiger partial charge in [0.2, 0.25) is 0 Å². The molecule has 1 unspecified atom stereocenters. The molecule has 2 aromatic rings. The van der Waals surface area contributed by atoms with E-state index >= 15 is 0 Å². The molecule has 0 bridgehead atoms. The van der Waals surface area contributed by atoms with Gasteiger partial charge in [0.1, 0.15) is 5.65 Å². The van der Waals surface area contributed by atoms with Crippen LogP contribution in [0.3, 0.4) is 0 Å². The second-order valence-corrected chi connectivity index (χ2v) is 5.68. The minimum absolute atomic E-state index is 0.0114. The number of pyridine rings is 1. The summed E-state index contributed by atoms with van der Waals surface area (Å²) in [7, 11) is 0. The van der Waals surface area contributed by atoms with Gasteiger partial charge in [-0.1, -0.05) is 25.8 Å². The third-order valence-corrected chi connectivity index (χ3v) is 4.00. The van der Waals surface area contributed by atoms with Crippen LogP contribution in [0, 0.1) is 5.92 Å². The topological polar surface area (TPSA) is 46.4 Å². The Labute approximate surface area is 118 Å². The Kier molecular flexibility index (Phi) is 3.83. The molecule has 1 N–H and O–H groups in total. The average Bonchev–Trinajstić information content (AvgIpc) is 3.27. The second-order valence-electron chi connectivity index (χ2n) is 5.68. The van der Waals surface area contributed by atoms with Gasteiger partial charge in [-0.15, -0.1) is 0 Å². The molecule has 0 radical (unpaired) electrons. The number of fused-ring (bicyclic) bond motifs is 1. The maximum absolute atomic E-state index is 12.0. The van der Waals surface area contributed by atoms with E-state index in [0.29, 0.717) is 18.2 Å². The van der Waals surface area contributed by atoms with E-state index in [-0.39, 0.29) is 5.56 Å². The molecule has 20 heavy (non-hydrogen) atoms. The third kappa shape index (κ3) is 3.07. The lowest BCUT2D eigenvalue weighted by Gasteiger charge is -2.16. The minimum Gasteiger partial charge on any atom is -0.308 e. The van der Waals surface area contributed by atoms with Crippen LogP contribution in [0.15, 0.2) is 35.3 Å². The summed E-state index contributed by atoms with van der Waals surface area (Å²) in [5.74, 6) is 0.919. The Morgan fingerprint density at radius 2 is 2.30 bits per heavy atom. The zero-order chi connectivity index (χ0) is 13.9. The summed E-state index contributed by atoms with van der Waals surface area (Å²) in [6, 6.07) is 7.78. The van der Waals surface area contributed by atoms with Crippen LogP contribution in [0.4, 0.5) is 0 Å². The summed E-state index contributed by atoms with van der Waals surface area (Å²) in [6.45, 7) is 2.88. The molecular formula is C16H21N3O. The summed E-state index contributed by atoms with van der Waals surface area (Å²) in [4.78, 5) is 16.5. The molecule has 0 amide bonds. The number of nitrogens with one attached hydrogen (secondary N) is 1. The standard InChI is InChI=1S/C16H21N3O/c1-2-13(9-12-6-7-12)17-11-14-10-16(20)19-8-4-3-5-15(19)18-14/h3-5,8,10,12-13,17H,2,6-7,9,11H2,1H3. The predicted octanol–water partition coefficient (Wildman–Crippen LogP) is 2.36. The quantitative estimate of drug-likeness (QED) is 0.877. The highest BCUT2D eigenvalue weighted by atomic mass is 16.1. The van der Waals surface area contributed by atoms with Crippen molar-refractivity contribution in [1.82, 2.24) is 14.7 Å². The van der Waals surface area contributed by atoms with Crippen LogP contribution in [0.25, 0.3) is 5.65 Å². The predicted molar refractivity (Wildman–Crippen MR) is 79.7 cm³/mol. The second kappa shape index (κ2) is 5.75. The van der Waals surface area contributed by atoms with Crippen LogP contribution >= 0.6 is 0 Å². The number of rotatable bonds is 6. The van der Waals surface area contributed by atoms with Gasteiger partial charge in [-0.05, 0) is 30.9 Å². The highest BCUT2D eigenvalue weighted by Crippen LogP contribution is 2.34. The minimum atomic E-state index is -0.0114. The van der Waals surface area contributed by atoms with Crippen molar-refractivity contribution in [3.63, 3.8) is 0 Å². The molecule has 2 aromatic heterocycles. The highest BCUT2D eigenvalue weighted by Gasteiger charge is 2.24. The number of hydrogen-bond donors (Lipinski definition) is 1. The highest BCUT2D eigenvalue weighted by molar-refractivity contribution is 5.37. The molecule has 1 fully saturated rings. The van der Waals surface area contributed by atoms with E-state index in [1.165, 1.54) is 19.3 Å². The van der Waals surface area contributed by atoms with E-state index in [4.69, 9.17) is 0 Å². The van der Waals surface area contributed by atoms with E-state index in [0.717, 1.165) is 18.0 Å². The number of nitrogens with zero attached hydrogens (tertiary/aromatic N) is 2. The maximum Gasteiger partial charge on any atom is 0.258 e. The first-order valence-corrected chi connectivity index (χ1v) is 7.47. The molecule has 1 atom stereocenters. The van der Waals surface area contributed by atoms with Crippen LogP contribution in [0.1, 0.15) is 38.3 Å². The van der Waals surface area contributed by atoms with Crippen molar-refractivity contribution in [3.8, 4) is 0 Å². The van der Waals surface area contributed by atoms with Crippen LogP contribution in [0.5, 0.6) is 0 Å². The lowest BCUT2D eigenvalue weighted by atomic mass is 10.1. The summed E-state index contributed by atoms with van der Waals surface area (Å²) in [5, 5.41) is 3.54. The molecule has 3 rings (SSSR count). The van der Waals surface area contributed by atoms with Gasteiger partial charge in [-0.3, -0.25) is 9.20 Å². The molecule has 1 aliphatic rings. The largest absolute Gasteiger partial charge is 0.308 e. The lowest BCUT2D eigenvalue weighted by Crippen LogP contribution is -2.29. The Hall–Kier alpha value is -1.68. The van der Waals surface area contributed by atoms with Gasteiger partial charge in [0.25, 0.3) is 5.56 Å². The fourth-order valence-corrected chi connectivity index (χ4v) is 2.59. The third-order valence-electron chi connectivity index (χ3n) is 4.00. The van der Waals surface area contributed by atoms with Crippen LogP contribution in [-0.2, 0) is 6.54 Å². The van der Waals surface area contributed by atoms with Crippen LogP contribution < -0.4 is 10.9 Å². The first-order chi connectivity index (χ1) is 9.76. The van der Waals surface area contributed by atoms with Crippen molar-refractivity contribution in [3.05, 3.63) is 46.5 Å². The lowest BCUT2D eigenvalue weighted by molar-refractivity contribution is 0.442. The number of hydrogen-bond acceptors (Lipinski definition) is 3. The first kappa shape index (κ1) is 13.3. The average molecular weight is 271 g/mol. The zero-order valence-electron chi connectivity index (χ0n) is 11.9. The number of aromatic nitrogens is 2. The van der Waals surface area contributed by atoms with Crippen molar-refractivity contribution >= 4 is 5.65 Å². The Morgan fingerprint density at radius 3 is 3.05 bits per heavy atom. The Bertz CT molecular complexity index is 645. The van der Waals surface area contributed by atoms with Crippen molar-refractivity contribution in [2.75, 3.05) is 0 Å². The van der Waals surface area contributed by atoms with Crippen molar-refractivity contribution in [2.24, 2.45) is 5.92 Å². The van der Waals surface area contributed by atoms with E-state index in [9.17, 15) is 4.79 Å². The molecule has 2 heterocycles. The van der Waals surface area contributed by atoms with Gasteiger partial charge < -0.3 is 5.32 Å². The molecule has 1 saturated carbocycles. The van der Waals surface area contributed by atoms with Crippen LogP contribution in [-0.4, -0.2) is 15.4 Å². The molecule has 0 aliphatic heterocycles. The van der Waals surface area contributed by atoms with E-state index in [2.05, 4.69) is 17.2 Å². The van der Waals surface area contributed by atoms with E-state index in [1.54, 1.807) is 16.7 Å². The van der Waals surface area contributed by atoms with Gasteiger partial charge in [0.15, 0.2) is 0 Å². The molecule has 106 valence electrons. The fraction of sp³-hybridized carbons (Fsp3) is 0.500. The first-order valence-electron chi connectivity index (χ1n) is 7.47. The van der Waals surface area contributed by atoms with Gasteiger partial charge >= 0.3 is 0 Å². The van der Waals surface area contributed by atoms with E-state index < -0.39 is 0 Å².